The molecular weight excluding hydrogens is 202 g/mol. The molecule has 0 heterocycles. The average Bonchev–Trinajstić information content (AvgIpc) is 2.27. The molecule has 0 aromatic heterocycles. The molecule has 0 amide bonds. The number of nitrogens with zero attached hydrogens (tertiary/aromatic N) is 3. The van der Waals surface area contributed by atoms with Gasteiger partial charge in [0.1, 0.15) is 5.75 Å². The zero-order valence-electron chi connectivity index (χ0n) is 9.92. The molecule has 16 heavy (non-hydrogen) atoms. The molecule has 1 aromatic carbocycles. The van der Waals surface area contributed by atoms with Gasteiger partial charge in [-0.15, -0.1) is 0 Å². The summed E-state index contributed by atoms with van der Waals surface area (Å²) >= 11 is 0. The van der Waals surface area contributed by atoms with Crippen LogP contribution in [-0.4, -0.2) is 12.6 Å². The molecule has 0 N–H and O–H groups in total. The molecule has 1 rings (SSSR count). The lowest BCUT2D eigenvalue weighted by Gasteiger charge is -2.14. The van der Waals surface area contributed by atoms with Crippen molar-refractivity contribution in [3.05, 3.63) is 40.3 Å². The SMILES string of the molecule is CC(COc1ccccc1C(C)C)N=[N+]=[N-]. The second-order valence-corrected chi connectivity index (χ2v) is 4.06. The van der Waals surface area contributed by atoms with Crippen LogP contribution in [0.1, 0.15) is 32.3 Å². The van der Waals surface area contributed by atoms with Crippen LogP contribution in [0.25, 0.3) is 10.4 Å². The molecule has 0 fully saturated rings. The van der Waals surface area contributed by atoms with Gasteiger partial charge in [-0.05, 0) is 23.1 Å². The van der Waals surface area contributed by atoms with Crippen molar-refractivity contribution in [3.8, 4) is 5.75 Å². The van der Waals surface area contributed by atoms with E-state index in [0.717, 1.165) is 5.75 Å². The zero-order chi connectivity index (χ0) is 12.0. The van der Waals surface area contributed by atoms with Gasteiger partial charge in [-0.3, -0.25) is 0 Å². The number of hydrogen-bond acceptors (Lipinski definition) is 2. The number of ether oxygens (including phenoxy) is 1. The van der Waals surface area contributed by atoms with E-state index in [4.69, 9.17) is 10.3 Å². The van der Waals surface area contributed by atoms with Crippen LogP contribution in [0.15, 0.2) is 29.4 Å². The van der Waals surface area contributed by atoms with Crippen LogP contribution in [0.2, 0.25) is 0 Å². The second kappa shape index (κ2) is 6.03. The lowest BCUT2D eigenvalue weighted by Crippen LogP contribution is -2.12. The standard InChI is InChI=1S/C12H17N3O/c1-9(2)11-6-4-5-7-12(11)16-8-10(3)14-15-13/h4-7,9-10H,8H2,1-3H3. The number of benzene rings is 1. The molecule has 1 unspecified atom stereocenters. The second-order valence-electron chi connectivity index (χ2n) is 4.06. The highest BCUT2D eigenvalue weighted by atomic mass is 16.5. The monoisotopic (exact) mass is 219 g/mol. The first kappa shape index (κ1) is 12.4. The quantitative estimate of drug-likeness (QED) is 0.421. The van der Waals surface area contributed by atoms with Crippen LogP contribution in [-0.2, 0) is 0 Å². The maximum atomic E-state index is 8.28. The van der Waals surface area contributed by atoms with Crippen molar-refractivity contribution in [3.63, 3.8) is 0 Å². The number of hydrogen-bond donors (Lipinski definition) is 0. The van der Waals surface area contributed by atoms with Crippen molar-refractivity contribution < 1.29 is 4.74 Å². The van der Waals surface area contributed by atoms with Gasteiger partial charge in [0, 0.05) is 4.91 Å². The highest BCUT2D eigenvalue weighted by Gasteiger charge is 2.07. The predicted molar refractivity (Wildman–Crippen MR) is 64.6 cm³/mol. The van der Waals surface area contributed by atoms with Crippen molar-refractivity contribution >= 4 is 0 Å². The van der Waals surface area contributed by atoms with Crippen LogP contribution in [0.3, 0.4) is 0 Å². The third-order valence-corrected chi connectivity index (χ3v) is 2.27. The van der Waals surface area contributed by atoms with Crippen LogP contribution < -0.4 is 4.74 Å². The molecule has 1 atom stereocenters. The van der Waals surface area contributed by atoms with Gasteiger partial charge in [-0.2, -0.15) is 0 Å². The molecule has 4 heteroatoms. The van der Waals surface area contributed by atoms with E-state index < -0.39 is 0 Å². The van der Waals surface area contributed by atoms with Crippen LogP contribution >= 0.6 is 0 Å². The Morgan fingerprint density at radius 1 is 1.31 bits per heavy atom. The van der Waals surface area contributed by atoms with Crippen molar-refractivity contribution in [2.24, 2.45) is 5.11 Å². The van der Waals surface area contributed by atoms with Gasteiger partial charge >= 0.3 is 0 Å². The fourth-order valence-electron chi connectivity index (χ4n) is 1.42. The maximum Gasteiger partial charge on any atom is 0.122 e. The van der Waals surface area contributed by atoms with Crippen LogP contribution in [0.5, 0.6) is 5.75 Å². The van der Waals surface area contributed by atoms with Crippen LogP contribution in [0, 0.1) is 0 Å². The lowest BCUT2D eigenvalue weighted by atomic mass is 10.0. The molecule has 0 radical (unpaired) electrons. The fraction of sp³-hybridized carbons (Fsp3) is 0.500. The molecule has 0 saturated heterocycles. The molecule has 0 saturated carbocycles. The first-order valence-corrected chi connectivity index (χ1v) is 5.41. The predicted octanol–water partition coefficient (Wildman–Crippen LogP) is 3.89. The molecule has 86 valence electrons. The summed E-state index contributed by atoms with van der Waals surface area (Å²) in [6.07, 6.45) is 0. The molecule has 0 aliphatic heterocycles. The van der Waals surface area contributed by atoms with Gasteiger partial charge in [0.2, 0.25) is 0 Å². The summed E-state index contributed by atoms with van der Waals surface area (Å²) in [6, 6.07) is 7.79. The van der Waals surface area contributed by atoms with Crippen molar-refractivity contribution in [1.82, 2.24) is 0 Å². The average molecular weight is 219 g/mol. The number of rotatable bonds is 5. The summed E-state index contributed by atoms with van der Waals surface area (Å²) in [6.45, 7) is 6.49. The van der Waals surface area contributed by atoms with Gasteiger partial charge in [-0.1, -0.05) is 44.1 Å². The minimum Gasteiger partial charge on any atom is -0.493 e. The van der Waals surface area contributed by atoms with Gasteiger partial charge in [0.05, 0.1) is 12.6 Å². The van der Waals surface area contributed by atoms with E-state index in [1.165, 1.54) is 5.56 Å². The van der Waals surface area contributed by atoms with E-state index in [2.05, 4.69) is 29.9 Å². The molecule has 0 spiro atoms. The third-order valence-electron chi connectivity index (χ3n) is 2.27. The van der Waals surface area contributed by atoms with Gasteiger partial charge in [0.25, 0.3) is 0 Å². The molecule has 0 aliphatic carbocycles. The number of azide groups is 1. The van der Waals surface area contributed by atoms with Gasteiger partial charge in [-0.25, -0.2) is 0 Å². The maximum absolute atomic E-state index is 8.28. The Morgan fingerprint density at radius 3 is 2.62 bits per heavy atom. The highest BCUT2D eigenvalue weighted by molar-refractivity contribution is 5.35. The molecule has 0 aliphatic rings. The summed E-state index contributed by atoms with van der Waals surface area (Å²) in [5.74, 6) is 1.29. The summed E-state index contributed by atoms with van der Waals surface area (Å²) in [7, 11) is 0. The van der Waals surface area contributed by atoms with Gasteiger partial charge in [0.15, 0.2) is 0 Å². The largest absolute Gasteiger partial charge is 0.493 e. The lowest BCUT2D eigenvalue weighted by molar-refractivity contribution is 0.292. The minimum absolute atomic E-state index is 0.148. The molecule has 1 aromatic rings. The minimum atomic E-state index is -0.148. The van der Waals surface area contributed by atoms with Crippen molar-refractivity contribution in [2.75, 3.05) is 6.61 Å². The Bertz CT molecular complexity index is 384. The summed E-state index contributed by atoms with van der Waals surface area (Å²) in [5.41, 5.74) is 9.46. The fourth-order valence-corrected chi connectivity index (χ4v) is 1.42. The van der Waals surface area contributed by atoms with Crippen molar-refractivity contribution in [2.45, 2.75) is 32.7 Å². The number of para-hydroxylation sites is 1. The van der Waals surface area contributed by atoms with E-state index in [9.17, 15) is 0 Å². The Balaban J connectivity index is 2.69. The topological polar surface area (TPSA) is 58.0 Å². The van der Waals surface area contributed by atoms with E-state index in [0.29, 0.717) is 12.5 Å². The molecule has 4 nitrogen and oxygen atoms in total. The Morgan fingerprint density at radius 2 is 2.00 bits per heavy atom. The normalized spacial score (nSPS) is 12.0. The smallest absolute Gasteiger partial charge is 0.122 e. The highest BCUT2D eigenvalue weighted by Crippen LogP contribution is 2.25. The van der Waals surface area contributed by atoms with E-state index in [1.807, 2.05) is 25.1 Å². The Kier molecular flexibility index (Phi) is 4.67. The summed E-state index contributed by atoms with van der Waals surface area (Å²) < 4.78 is 5.65. The zero-order valence-corrected chi connectivity index (χ0v) is 9.92. The van der Waals surface area contributed by atoms with E-state index >= 15 is 0 Å². The third kappa shape index (κ3) is 3.48. The first-order valence-electron chi connectivity index (χ1n) is 5.41. The van der Waals surface area contributed by atoms with E-state index in [1.54, 1.807) is 0 Å². The molecular formula is C12H17N3O. The molecule has 0 bridgehead atoms. The van der Waals surface area contributed by atoms with E-state index in [-0.39, 0.29) is 6.04 Å². The Labute approximate surface area is 95.9 Å². The van der Waals surface area contributed by atoms with Crippen molar-refractivity contribution in [1.29, 1.82) is 0 Å². The summed E-state index contributed by atoms with van der Waals surface area (Å²) in [4.78, 5) is 2.75. The van der Waals surface area contributed by atoms with Crippen LogP contribution in [0.4, 0.5) is 0 Å². The Hall–Kier alpha value is -1.67. The van der Waals surface area contributed by atoms with Gasteiger partial charge < -0.3 is 4.74 Å². The first-order chi connectivity index (χ1) is 7.65. The summed E-state index contributed by atoms with van der Waals surface area (Å²) in [5, 5.41) is 3.57.